The van der Waals surface area contributed by atoms with E-state index in [1.54, 1.807) is 25.1 Å². The SMILES string of the molecule is CCC(C)NC(=O)C(C)N(Cc1ccc(Br)cc1)C(=O)CN(c1ccc(Cl)c(Cl)c1)S(=O)(=O)c1ccccc1. The fourth-order valence-electron chi connectivity index (χ4n) is 3.72. The van der Waals surface area contributed by atoms with Gasteiger partial charge in [0.25, 0.3) is 10.0 Å². The summed E-state index contributed by atoms with van der Waals surface area (Å²) in [5.41, 5.74) is 0.948. The molecule has 1 N–H and O–H groups in total. The summed E-state index contributed by atoms with van der Waals surface area (Å²) in [4.78, 5) is 28.4. The molecular weight excluding hydrogens is 625 g/mol. The Hall–Kier alpha value is -2.59. The molecule has 3 aromatic carbocycles. The Labute approximate surface area is 248 Å². The molecule has 3 rings (SSSR count). The van der Waals surface area contributed by atoms with E-state index in [9.17, 15) is 18.0 Å². The molecule has 0 saturated carbocycles. The predicted octanol–water partition coefficient (Wildman–Crippen LogP) is 6.28. The monoisotopic (exact) mass is 653 g/mol. The van der Waals surface area contributed by atoms with Crippen molar-refractivity contribution < 1.29 is 18.0 Å². The number of rotatable bonds is 11. The van der Waals surface area contributed by atoms with Gasteiger partial charge < -0.3 is 10.2 Å². The first kappa shape index (κ1) is 30.9. The fourth-order valence-corrected chi connectivity index (χ4v) is 5.71. The van der Waals surface area contributed by atoms with E-state index in [1.165, 1.54) is 35.2 Å². The molecule has 0 aliphatic rings. The van der Waals surface area contributed by atoms with E-state index in [2.05, 4.69) is 21.2 Å². The van der Waals surface area contributed by atoms with Crippen LogP contribution in [0, 0.1) is 0 Å². The number of anilines is 1. The normalized spacial score (nSPS) is 12.9. The van der Waals surface area contributed by atoms with Crippen molar-refractivity contribution in [3.8, 4) is 0 Å². The summed E-state index contributed by atoms with van der Waals surface area (Å²) in [5, 5.41) is 3.30. The third kappa shape index (κ3) is 7.97. The third-order valence-electron chi connectivity index (χ3n) is 6.24. The van der Waals surface area contributed by atoms with E-state index < -0.39 is 28.5 Å². The van der Waals surface area contributed by atoms with Gasteiger partial charge in [0, 0.05) is 17.1 Å². The number of hydrogen-bond acceptors (Lipinski definition) is 4. The lowest BCUT2D eigenvalue weighted by atomic mass is 10.1. The molecule has 0 radical (unpaired) electrons. The summed E-state index contributed by atoms with van der Waals surface area (Å²) < 4.78 is 29.4. The first-order valence-corrected chi connectivity index (χ1v) is 15.3. The maximum atomic E-state index is 13.9. The highest BCUT2D eigenvalue weighted by Gasteiger charge is 2.33. The van der Waals surface area contributed by atoms with Crippen LogP contribution < -0.4 is 9.62 Å². The Kier molecular flexibility index (Phi) is 10.8. The maximum Gasteiger partial charge on any atom is 0.264 e. The zero-order valence-electron chi connectivity index (χ0n) is 21.8. The predicted molar refractivity (Wildman–Crippen MR) is 159 cm³/mol. The van der Waals surface area contributed by atoms with Gasteiger partial charge in [-0.05, 0) is 68.3 Å². The number of hydrogen-bond donors (Lipinski definition) is 1. The van der Waals surface area contributed by atoms with Gasteiger partial charge in [-0.3, -0.25) is 13.9 Å². The lowest BCUT2D eigenvalue weighted by Gasteiger charge is -2.32. The van der Waals surface area contributed by atoms with Crippen LogP contribution in [0.3, 0.4) is 0 Å². The largest absolute Gasteiger partial charge is 0.352 e. The smallest absolute Gasteiger partial charge is 0.264 e. The first-order valence-electron chi connectivity index (χ1n) is 12.3. The summed E-state index contributed by atoms with van der Waals surface area (Å²) in [6, 6.07) is 18.5. The van der Waals surface area contributed by atoms with Crippen molar-refractivity contribution in [3.05, 3.63) is 92.9 Å². The Morgan fingerprint density at radius 3 is 2.18 bits per heavy atom. The third-order valence-corrected chi connectivity index (χ3v) is 9.29. The molecule has 0 aromatic heterocycles. The van der Waals surface area contributed by atoms with E-state index >= 15 is 0 Å². The van der Waals surface area contributed by atoms with Gasteiger partial charge >= 0.3 is 0 Å². The molecule has 39 heavy (non-hydrogen) atoms. The molecule has 2 amide bonds. The molecule has 0 aliphatic heterocycles. The summed E-state index contributed by atoms with van der Waals surface area (Å²) >= 11 is 15.7. The van der Waals surface area contributed by atoms with Crippen LogP contribution >= 0.6 is 39.1 Å². The summed E-state index contributed by atoms with van der Waals surface area (Å²) in [7, 11) is -4.18. The lowest BCUT2D eigenvalue weighted by Crippen LogP contribution is -2.52. The second kappa shape index (κ2) is 13.7. The minimum atomic E-state index is -4.18. The van der Waals surface area contributed by atoms with Crippen molar-refractivity contribution in [2.45, 2.75) is 50.7 Å². The van der Waals surface area contributed by atoms with Crippen molar-refractivity contribution in [2.24, 2.45) is 0 Å². The van der Waals surface area contributed by atoms with Crippen LogP contribution in [-0.4, -0.2) is 43.8 Å². The topological polar surface area (TPSA) is 86.8 Å². The van der Waals surface area contributed by atoms with Gasteiger partial charge in [0.05, 0.1) is 20.6 Å². The van der Waals surface area contributed by atoms with Gasteiger partial charge in [-0.25, -0.2) is 8.42 Å². The molecule has 11 heteroatoms. The molecular formula is C28H30BrCl2N3O4S. The van der Waals surface area contributed by atoms with Crippen LogP contribution in [0.5, 0.6) is 0 Å². The quantitative estimate of drug-likeness (QED) is 0.264. The van der Waals surface area contributed by atoms with E-state index in [4.69, 9.17) is 23.2 Å². The number of carbonyl (C=O) groups is 2. The molecule has 2 unspecified atom stereocenters. The van der Waals surface area contributed by atoms with Crippen LogP contribution in [0.2, 0.25) is 10.0 Å². The van der Waals surface area contributed by atoms with Crippen molar-refractivity contribution in [1.29, 1.82) is 0 Å². The van der Waals surface area contributed by atoms with Gasteiger partial charge in [0.1, 0.15) is 12.6 Å². The van der Waals surface area contributed by atoms with E-state index in [1.807, 2.05) is 38.1 Å². The highest BCUT2D eigenvalue weighted by atomic mass is 79.9. The molecule has 0 spiro atoms. The Bertz CT molecular complexity index is 1410. The minimum Gasteiger partial charge on any atom is -0.352 e. The van der Waals surface area contributed by atoms with Crippen LogP contribution in [0.4, 0.5) is 5.69 Å². The molecule has 0 fully saturated rings. The number of carbonyl (C=O) groups excluding carboxylic acids is 2. The zero-order valence-corrected chi connectivity index (χ0v) is 25.7. The number of amides is 2. The number of benzene rings is 3. The molecule has 3 aromatic rings. The molecule has 208 valence electrons. The van der Waals surface area contributed by atoms with E-state index in [0.717, 1.165) is 20.8 Å². The van der Waals surface area contributed by atoms with Gasteiger partial charge in [-0.1, -0.05) is 76.4 Å². The highest BCUT2D eigenvalue weighted by Crippen LogP contribution is 2.31. The van der Waals surface area contributed by atoms with Gasteiger partial charge in [0.2, 0.25) is 11.8 Å². The van der Waals surface area contributed by atoms with Crippen LogP contribution in [0.25, 0.3) is 0 Å². The summed E-state index contributed by atoms with van der Waals surface area (Å²) in [5.74, 6) is -0.892. The van der Waals surface area contributed by atoms with Crippen molar-refractivity contribution in [2.75, 3.05) is 10.8 Å². The second-order valence-electron chi connectivity index (χ2n) is 9.07. The van der Waals surface area contributed by atoms with Crippen molar-refractivity contribution in [3.63, 3.8) is 0 Å². The van der Waals surface area contributed by atoms with Crippen molar-refractivity contribution >= 4 is 66.7 Å². The number of nitrogens with zero attached hydrogens (tertiary/aromatic N) is 2. The standard InChI is InChI=1S/C28H30BrCl2N3O4S/c1-4-19(2)32-28(36)20(3)33(17-21-10-12-22(29)13-11-21)27(35)18-34(23-14-15-25(30)26(31)16-23)39(37,38)24-8-6-5-7-9-24/h5-16,19-20H,4,17-18H2,1-3H3,(H,32,36). The lowest BCUT2D eigenvalue weighted by molar-refractivity contribution is -0.139. The Morgan fingerprint density at radius 2 is 1.59 bits per heavy atom. The van der Waals surface area contributed by atoms with Gasteiger partial charge in [-0.15, -0.1) is 0 Å². The molecule has 2 atom stereocenters. The van der Waals surface area contributed by atoms with Crippen molar-refractivity contribution in [1.82, 2.24) is 10.2 Å². The minimum absolute atomic E-state index is 0.00546. The molecule has 0 aliphatic carbocycles. The number of nitrogens with one attached hydrogen (secondary N) is 1. The zero-order chi connectivity index (χ0) is 28.7. The number of sulfonamides is 1. The number of halogens is 3. The van der Waals surface area contributed by atoms with E-state index in [0.29, 0.717) is 0 Å². The second-order valence-corrected chi connectivity index (χ2v) is 12.7. The van der Waals surface area contributed by atoms with Crippen LogP contribution in [-0.2, 0) is 26.2 Å². The van der Waals surface area contributed by atoms with Crippen LogP contribution in [0.1, 0.15) is 32.8 Å². The van der Waals surface area contributed by atoms with Gasteiger partial charge in [-0.2, -0.15) is 0 Å². The molecule has 0 heterocycles. The first-order chi connectivity index (χ1) is 18.4. The molecule has 0 saturated heterocycles. The average molecular weight is 655 g/mol. The molecule has 7 nitrogen and oxygen atoms in total. The Balaban J connectivity index is 2.03. The summed E-state index contributed by atoms with van der Waals surface area (Å²) in [6.45, 7) is 4.99. The summed E-state index contributed by atoms with van der Waals surface area (Å²) in [6.07, 6.45) is 0.722. The van der Waals surface area contributed by atoms with E-state index in [-0.39, 0.29) is 39.1 Å². The Morgan fingerprint density at radius 1 is 0.949 bits per heavy atom. The van der Waals surface area contributed by atoms with Crippen LogP contribution in [0.15, 0.2) is 82.2 Å². The fraction of sp³-hybridized carbons (Fsp3) is 0.286. The molecule has 0 bridgehead atoms. The average Bonchev–Trinajstić information content (AvgIpc) is 2.92. The van der Waals surface area contributed by atoms with Gasteiger partial charge in [0.15, 0.2) is 0 Å². The highest BCUT2D eigenvalue weighted by molar-refractivity contribution is 9.10. The maximum absolute atomic E-state index is 13.9.